The van der Waals surface area contributed by atoms with Gasteiger partial charge >= 0.3 is 0 Å². The maximum absolute atomic E-state index is 12.1. The second-order valence-corrected chi connectivity index (χ2v) is 6.53. The van der Waals surface area contributed by atoms with Crippen LogP contribution in [-0.4, -0.2) is 37.0 Å². The van der Waals surface area contributed by atoms with E-state index in [4.69, 9.17) is 28.9 Å². The molecule has 0 saturated carbocycles. The number of alkyl halides is 2. The van der Waals surface area contributed by atoms with Crippen LogP contribution in [0.3, 0.4) is 0 Å². The third-order valence-corrected chi connectivity index (χ3v) is 4.04. The molecule has 128 valence electrons. The van der Waals surface area contributed by atoms with Crippen molar-refractivity contribution in [1.29, 1.82) is 0 Å². The number of amides is 1. The molecule has 0 aromatic carbocycles. The number of hydrogen-bond acceptors (Lipinski definition) is 5. The Morgan fingerprint density at radius 1 is 1.38 bits per heavy atom. The van der Waals surface area contributed by atoms with Crippen molar-refractivity contribution in [2.75, 3.05) is 5.32 Å². The number of nitrogens with two attached hydrogens (primary N) is 1. The van der Waals surface area contributed by atoms with Crippen LogP contribution < -0.4 is 11.1 Å². The summed E-state index contributed by atoms with van der Waals surface area (Å²) in [6, 6.07) is -0.558. The van der Waals surface area contributed by atoms with Crippen molar-refractivity contribution in [1.82, 2.24) is 20.2 Å². The van der Waals surface area contributed by atoms with Gasteiger partial charge in [-0.25, -0.2) is 9.97 Å². The van der Waals surface area contributed by atoms with E-state index in [-0.39, 0.29) is 17.9 Å². The summed E-state index contributed by atoms with van der Waals surface area (Å²) < 4.78 is 0. The summed E-state index contributed by atoms with van der Waals surface area (Å²) in [5.41, 5.74) is 8.97. The number of carbonyl (C=O) groups is 1. The van der Waals surface area contributed by atoms with Crippen LogP contribution >= 0.6 is 23.2 Å². The Labute approximate surface area is 149 Å². The summed E-state index contributed by atoms with van der Waals surface area (Å²) in [5, 5.41) is 9.65. The summed E-state index contributed by atoms with van der Waals surface area (Å²) in [6.07, 6.45) is 3.23. The minimum Gasteiger partial charge on any atom is -0.325 e. The van der Waals surface area contributed by atoms with E-state index in [1.54, 1.807) is 0 Å². The number of nitrogens with one attached hydrogen (secondary N) is 2. The van der Waals surface area contributed by atoms with Gasteiger partial charge in [0, 0.05) is 17.3 Å². The van der Waals surface area contributed by atoms with Gasteiger partial charge < -0.3 is 11.1 Å². The average molecular weight is 369 g/mol. The second kappa shape index (κ2) is 7.74. The molecule has 9 heteroatoms. The molecule has 1 atom stereocenters. The van der Waals surface area contributed by atoms with Crippen molar-refractivity contribution >= 4 is 34.8 Å². The smallest absolute Gasteiger partial charge is 0.251 e. The number of aromatic nitrogens is 4. The Morgan fingerprint density at radius 3 is 2.50 bits per heavy atom. The average Bonchev–Trinajstić information content (AvgIpc) is 2.87. The lowest BCUT2D eigenvalue weighted by atomic mass is 10.1. The van der Waals surface area contributed by atoms with Crippen LogP contribution in [-0.2, 0) is 4.79 Å². The predicted molar refractivity (Wildman–Crippen MR) is 94.9 cm³/mol. The zero-order valence-corrected chi connectivity index (χ0v) is 14.8. The molecule has 2 rings (SSSR count). The van der Waals surface area contributed by atoms with E-state index in [2.05, 4.69) is 32.1 Å². The zero-order chi connectivity index (χ0) is 17.9. The minimum atomic E-state index is -0.765. The molecule has 0 saturated heterocycles. The van der Waals surface area contributed by atoms with Gasteiger partial charge in [0.2, 0.25) is 0 Å². The number of aromatic amines is 1. The van der Waals surface area contributed by atoms with E-state index in [9.17, 15) is 4.79 Å². The molecule has 0 aliphatic heterocycles. The van der Waals surface area contributed by atoms with Crippen molar-refractivity contribution < 1.29 is 4.79 Å². The van der Waals surface area contributed by atoms with Crippen LogP contribution in [0.5, 0.6) is 0 Å². The SMILES string of the molecule is C=C(C[C@H](N)C(Cl)Cl)C(=O)Nc1cnc(-c2c(C)n[nH]c2C)nc1. The first-order chi connectivity index (χ1) is 11.3. The van der Waals surface area contributed by atoms with Crippen molar-refractivity contribution in [2.24, 2.45) is 5.73 Å². The summed E-state index contributed by atoms with van der Waals surface area (Å²) in [7, 11) is 0. The van der Waals surface area contributed by atoms with Crippen LogP contribution in [0.25, 0.3) is 11.4 Å². The van der Waals surface area contributed by atoms with Crippen LogP contribution in [0.4, 0.5) is 5.69 Å². The van der Waals surface area contributed by atoms with Gasteiger partial charge in [-0.2, -0.15) is 5.10 Å². The van der Waals surface area contributed by atoms with Gasteiger partial charge in [-0.15, -0.1) is 23.2 Å². The van der Waals surface area contributed by atoms with Crippen LogP contribution in [0.1, 0.15) is 17.8 Å². The Kier molecular flexibility index (Phi) is 5.93. The fourth-order valence-electron chi connectivity index (χ4n) is 2.09. The molecule has 0 aliphatic carbocycles. The maximum atomic E-state index is 12.1. The van der Waals surface area contributed by atoms with Gasteiger partial charge in [-0.1, -0.05) is 6.58 Å². The zero-order valence-electron chi connectivity index (χ0n) is 13.3. The standard InChI is InChI=1S/C15H18Cl2N6O/c1-7(4-11(18)13(16)17)15(24)21-10-5-19-14(20-6-10)12-8(2)22-23-9(12)3/h5-6,11,13H,1,4,18H2,2-3H3,(H,21,24)(H,22,23)/t11-/m0/s1. The molecular formula is C15H18Cl2N6O. The summed E-state index contributed by atoms with van der Waals surface area (Å²) in [4.78, 5) is 19.8. The number of H-pyrrole nitrogens is 1. The number of hydrogen-bond donors (Lipinski definition) is 3. The maximum Gasteiger partial charge on any atom is 0.251 e. The van der Waals surface area contributed by atoms with Gasteiger partial charge in [-0.05, 0) is 20.3 Å². The molecule has 24 heavy (non-hydrogen) atoms. The molecule has 2 heterocycles. The lowest BCUT2D eigenvalue weighted by Crippen LogP contribution is -2.30. The van der Waals surface area contributed by atoms with Crippen LogP contribution in [0.15, 0.2) is 24.5 Å². The highest BCUT2D eigenvalue weighted by atomic mass is 35.5. The van der Waals surface area contributed by atoms with E-state index < -0.39 is 10.9 Å². The van der Waals surface area contributed by atoms with Crippen molar-refractivity contribution in [3.05, 3.63) is 35.9 Å². The number of aryl methyl sites for hydroxylation is 2. The fraction of sp³-hybridized carbons (Fsp3) is 0.333. The van der Waals surface area contributed by atoms with E-state index in [1.807, 2.05) is 13.8 Å². The number of anilines is 1. The first-order valence-electron chi connectivity index (χ1n) is 7.16. The molecule has 1 amide bonds. The van der Waals surface area contributed by atoms with Crippen molar-refractivity contribution in [3.63, 3.8) is 0 Å². The fourth-order valence-corrected chi connectivity index (χ4v) is 2.27. The molecule has 0 radical (unpaired) electrons. The monoisotopic (exact) mass is 368 g/mol. The lowest BCUT2D eigenvalue weighted by Gasteiger charge is -2.14. The quantitative estimate of drug-likeness (QED) is 0.535. The first kappa shape index (κ1) is 18.4. The summed E-state index contributed by atoms with van der Waals surface area (Å²) in [5.74, 6) is 0.149. The molecule has 2 aromatic heterocycles. The first-order valence-corrected chi connectivity index (χ1v) is 8.03. The molecule has 0 spiro atoms. The van der Waals surface area contributed by atoms with Crippen molar-refractivity contribution in [2.45, 2.75) is 31.1 Å². The molecule has 2 aromatic rings. The van der Waals surface area contributed by atoms with Crippen LogP contribution in [0, 0.1) is 13.8 Å². The molecule has 7 nitrogen and oxygen atoms in total. The normalized spacial score (nSPS) is 12.2. The van der Waals surface area contributed by atoms with Gasteiger partial charge in [0.25, 0.3) is 5.91 Å². The number of nitrogens with zero attached hydrogens (tertiary/aromatic N) is 3. The van der Waals surface area contributed by atoms with E-state index in [0.717, 1.165) is 17.0 Å². The van der Waals surface area contributed by atoms with Gasteiger partial charge in [0.15, 0.2) is 5.82 Å². The third-order valence-electron chi connectivity index (χ3n) is 3.39. The predicted octanol–water partition coefficient (Wildman–Crippen LogP) is 2.50. The number of halogens is 2. The molecule has 0 bridgehead atoms. The summed E-state index contributed by atoms with van der Waals surface area (Å²) in [6.45, 7) is 7.45. The molecule has 0 fully saturated rings. The van der Waals surface area contributed by atoms with Gasteiger partial charge in [0.1, 0.15) is 4.84 Å². The molecular weight excluding hydrogens is 351 g/mol. The Morgan fingerprint density at radius 2 is 2.00 bits per heavy atom. The molecule has 0 aliphatic rings. The minimum absolute atomic E-state index is 0.190. The Hall–Kier alpha value is -1.96. The van der Waals surface area contributed by atoms with E-state index in [1.165, 1.54) is 12.4 Å². The molecule has 0 unspecified atom stereocenters. The molecule has 4 N–H and O–H groups in total. The number of rotatable bonds is 6. The number of carbonyl (C=O) groups excluding carboxylic acids is 1. The third kappa shape index (κ3) is 4.31. The summed E-state index contributed by atoms with van der Waals surface area (Å²) >= 11 is 11.3. The Bertz CT molecular complexity index is 721. The highest BCUT2D eigenvalue weighted by Gasteiger charge is 2.17. The van der Waals surface area contributed by atoms with Crippen molar-refractivity contribution in [3.8, 4) is 11.4 Å². The topological polar surface area (TPSA) is 110 Å². The van der Waals surface area contributed by atoms with Gasteiger partial charge in [0.05, 0.1) is 29.3 Å². The highest BCUT2D eigenvalue weighted by molar-refractivity contribution is 6.44. The highest BCUT2D eigenvalue weighted by Crippen LogP contribution is 2.22. The largest absolute Gasteiger partial charge is 0.325 e. The van der Waals surface area contributed by atoms with E-state index >= 15 is 0 Å². The lowest BCUT2D eigenvalue weighted by molar-refractivity contribution is -0.113. The second-order valence-electron chi connectivity index (χ2n) is 5.36. The van der Waals surface area contributed by atoms with Crippen LogP contribution in [0.2, 0.25) is 0 Å². The Balaban J connectivity index is 2.04. The van der Waals surface area contributed by atoms with Gasteiger partial charge in [-0.3, -0.25) is 9.89 Å². The van der Waals surface area contributed by atoms with E-state index in [0.29, 0.717) is 11.5 Å².